The lowest BCUT2D eigenvalue weighted by atomic mass is 10.0. The SMILES string of the molecule is Cc1cccc(C[C@@H](NC(=O)c2cccc(Br)c2)C(N)=O)c1. The highest BCUT2D eigenvalue weighted by molar-refractivity contribution is 9.10. The maximum atomic E-state index is 12.2. The van der Waals surface area contributed by atoms with Crippen LogP contribution in [0.4, 0.5) is 0 Å². The number of halogens is 1. The minimum atomic E-state index is -0.742. The molecule has 0 fully saturated rings. The maximum Gasteiger partial charge on any atom is 0.251 e. The molecule has 0 aliphatic rings. The monoisotopic (exact) mass is 360 g/mol. The molecule has 0 heterocycles. The number of aryl methyl sites for hydroxylation is 1. The van der Waals surface area contributed by atoms with E-state index in [1.165, 1.54) is 0 Å². The molecule has 0 saturated carbocycles. The number of nitrogens with one attached hydrogen (secondary N) is 1. The quantitative estimate of drug-likeness (QED) is 0.859. The Labute approximate surface area is 137 Å². The van der Waals surface area contributed by atoms with E-state index in [9.17, 15) is 9.59 Å². The Bertz CT molecular complexity index is 701. The zero-order chi connectivity index (χ0) is 16.1. The fourth-order valence-corrected chi connectivity index (χ4v) is 2.57. The topological polar surface area (TPSA) is 72.2 Å². The Morgan fingerprint density at radius 2 is 1.91 bits per heavy atom. The molecule has 1 atom stereocenters. The average Bonchev–Trinajstić information content (AvgIpc) is 2.46. The first kappa shape index (κ1) is 16.2. The standard InChI is InChI=1S/C17H17BrN2O2/c1-11-4-2-5-12(8-11)9-15(16(19)21)20-17(22)13-6-3-7-14(18)10-13/h2-8,10,15H,9H2,1H3,(H2,19,21)(H,20,22)/t15-/m1/s1. The number of hydrogen-bond acceptors (Lipinski definition) is 2. The van der Waals surface area contributed by atoms with Gasteiger partial charge >= 0.3 is 0 Å². The molecule has 0 saturated heterocycles. The van der Waals surface area contributed by atoms with E-state index >= 15 is 0 Å². The number of rotatable bonds is 5. The van der Waals surface area contributed by atoms with Crippen LogP contribution in [0.5, 0.6) is 0 Å². The summed E-state index contributed by atoms with van der Waals surface area (Å²) in [7, 11) is 0. The van der Waals surface area contributed by atoms with E-state index in [-0.39, 0.29) is 5.91 Å². The molecule has 4 nitrogen and oxygen atoms in total. The molecule has 0 aliphatic carbocycles. The van der Waals surface area contributed by atoms with Crippen LogP contribution >= 0.6 is 15.9 Å². The van der Waals surface area contributed by atoms with Gasteiger partial charge in [-0.05, 0) is 30.7 Å². The van der Waals surface area contributed by atoms with Gasteiger partial charge in [-0.2, -0.15) is 0 Å². The molecule has 0 aromatic heterocycles. The van der Waals surface area contributed by atoms with Crippen molar-refractivity contribution in [3.05, 3.63) is 69.7 Å². The fraction of sp³-hybridized carbons (Fsp3) is 0.176. The number of primary amides is 1. The molecule has 0 unspecified atom stereocenters. The molecule has 2 aromatic rings. The molecule has 0 aliphatic heterocycles. The van der Waals surface area contributed by atoms with Gasteiger partial charge in [0, 0.05) is 16.5 Å². The van der Waals surface area contributed by atoms with Crippen LogP contribution in [0, 0.1) is 6.92 Å². The number of carbonyl (C=O) groups excluding carboxylic acids is 2. The van der Waals surface area contributed by atoms with Crippen LogP contribution in [0.15, 0.2) is 53.0 Å². The van der Waals surface area contributed by atoms with Crippen LogP contribution in [0.1, 0.15) is 21.5 Å². The molecule has 3 N–H and O–H groups in total. The predicted molar refractivity (Wildman–Crippen MR) is 89.5 cm³/mol. The average molecular weight is 361 g/mol. The summed E-state index contributed by atoms with van der Waals surface area (Å²) in [5.41, 5.74) is 7.95. The van der Waals surface area contributed by atoms with Gasteiger partial charge in [-0.1, -0.05) is 51.8 Å². The summed E-state index contributed by atoms with van der Waals surface area (Å²) in [5.74, 6) is -0.873. The van der Waals surface area contributed by atoms with E-state index in [4.69, 9.17) is 5.73 Å². The van der Waals surface area contributed by atoms with Crippen LogP contribution in [-0.4, -0.2) is 17.9 Å². The molecular formula is C17H17BrN2O2. The summed E-state index contributed by atoms with van der Waals surface area (Å²) in [6.07, 6.45) is 0.372. The molecular weight excluding hydrogens is 344 g/mol. The van der Waals surface area contributed by atoms with Crippen molar-refractivity contribution in [1.82, 2.24) is 5.32 Å². The van der Waals surface area contributed by atoms with Gasteiger partial charge in [0.25, 0.3) is 5.91 Å². The third kappa shape index (κ3) is 4.43. The van der Waals surface area contributed by atoms with Gasteiger partial charge in [-0.3, -0.25) is 9.59 Å². The van der Waals surface area contributed by atoms with Gasteiger partial charge in [0.05, 0.1) is 0 Å². The zero-order valence-corrected chi connectivity index (χ0v) is 13.8. The van der Waals surface area contributed by atoms with Crippen LogP contribution in [0.2, 0.25) is 0 Å². The molecule has 114 valence electrons. The van der Waals surface area contributed by atoms with Gasteiger partial charge in [0.2, 0.25) is 5.91 Å². The number of nitrogens with two attached hydrogens (primary N) is 1. The van der Waals surface area contributed by atoms with Gasteiger partial charge in [-0.25, -0.2) is 0 Å². The first-order chi connectivity index (χ1) is 10.5. The van der Waals surface area contributed by atoms with Gasteiger partial charge in [0.15, 0.2) is 0 Å². The van der Waals surface area contributed by atoms with Crippen molar-refractivity contribution >= 4 is 27.7 Å². The van der Waals surface area contributed by atoms with Crippen molar-refractivity contribution in [2.45, 2.75) is 19.4 Å². The minimum absolute atomic E-state index is 0.322. The minimum Gasteiger partial charge on any atom is -0.368 e. The van der Waals surface area contributed by atoms with Crippen LogP contribution in [-0.2, 0) is 11.2 Å². The Morgan fingerprint density at radius 3 is 2.55 bits per heavy atom. The smallest absolute Gasteiger partial charge is 0.251 e. The summed E-state index contributed by atoms with van der Waals surface area (Å²) in [6, 6.07) is 14.0. The van der Waals surface area contributed by atoms with Crippen molar-refractivity contribution in [1.29, 1.82) is 0 Å². The van der Waals surface area contributed by atoms with E-state index in [0.29, 0.717) is 12.0 Å². The molecule has 5 heteroatoms. The van der Waals surface area contributed by atoms with Crippen LogP contribution < -0.4 is 11.1 Å². The van der Waals surface area contributed by atoms with Crippen molar-refractivity contribution in [2.75, 3.05) is 0 Å². The van der Waals surface area contributed by atoms with E-state index in [1.807, 2.05) is 37.3 Å². The molecule has 0 spiro atoms. The van der Waals surface area contributed by atoms with Gasteiger partial charge < -0.3 is 11.1 Å². The molecule has 0 bridgehead atoms. The normalized spacial score (nSPS) is 11.7. The largest absolute Gasteiger partial charge is 0.368 e. The van der Waals surface area contributed by atoms with Crippen LogP contribution in [0.25, 0.3) is 0 Å². The first-order valence-corrected chi connectivity index (χ1v) is 7.66. The Kier molecular flexibility index (Phi) is 5.33. The second-order valence-electron chi connectivity index (χ2n) is 5.13. The fourth-order valence-electron chi connectivity index (χ4n) is 2.17. The lowest BCUT2D eigenvalue weighted by molar-refractivity contribution is -0.119. The van der Waals surface area contributed by atoms with E-state index in [2.05, 4.69) is 21.2 Å². The zero-order valence-electron chi connectivity index (χ0n) is 12.2. The van der Waals surface area contributed by atoms with Crippen molar-refractivity contribution in [3.8, 4) is 0 Å². The lowest BCUT2D eigenvalue weighted by Gasteiger charge is -2.16. The van der Waals surface area contributed by atoms with Crippen LogP contribution in [0.3, 0.4) is 0 Å². The third-order valence-corrected chi connectivity index (χ3v) is 3.75. The molecule has 2 aromatic carbocycles. The third-order valence-electron chi connectivity index (χ3n) is 3.26. The maximum absolute atomic E-state index is 12.2. The number of carbonyl (C=O) groups is 2. The van der Waals surface area contributed by atoms with Gasteiger partial charge in [-0.15, -0.1) is 0 Å². The summed E-state index contributed by atoms with van der Waals surface area (Å²) < 4.78 is 0.800. The summed E-state index contributed by atoms with van der Waals surface area (Å²) in [5, 5.41) is 2.69. The summed E-state index contributed by atoms with van der Waals surface area (Å²) in [4.78, 5) is 23.8. The second-order valence-corrected chi connectivity index (χ2v) is 6.05. The van der Waals surface area contributed by atoms with E-state index in [0.717, 1.165) is 15.6 Å². The highest BCUT2D eigenvalue weighted by atomic mass is 79.9. The molecule has 0 radical (unpaired) electrons. The highest BCUT2D eigenvalue weighted by Gasteiger charge is 2.19. The van der Waals surface area contributed by atoms with Crippen molar-refractivity contribution in [2.24, 2.45) is 5.73 Å². The molecule has 22 heavy (non-hydrogen) atoms. The number of amides is 2. The number of benzene rings is 2. The lowest BCUT2D eigenvalue weighted by Crippen LogP contribution is -2.45. The Hall–Kier alpha value is -2.14. The summed E-state index contributed by atoms with van der Waals surface area (Å²) >= 11 is 3.32. The Morgan fingerprint density at radius 1 is 1.18 bits per heavy atom. The molecule has 2 amide bonds. The Balaban J connectivity index is 2.12. The number of hydrogen-bond donors (Lipinski definition) is 2. The van der Waals surface area contributed by atoms with Crippen molar-refractivity contribution < 1.29 is 9.59 Å². The highest BCUT2D eigenvalue weighted by Crippen LogP contribution is 2.12. The second kappa shape index (κ2) is 7.22. The van der Waals surface area contributed by atoms with E-state index < -0.39 is 11.9 Å². The first-order valence-electron chi connectivity index (χ1n) is 6.87. The predicted octanol–water partition coefficient (Wildman–Crippen LogP) is 2.58. The molecule has 2 rings (SSSR count). The van der Waals surface area contributed by atoms with Crippen molar-refractivity contribution in [3.63, 3.8) is 0 Å². The van der Waals surface area contributed by atoms with E-state index in [1.54, 1.807) is 18.2 Å². The summed E-state index contributed by atoms with van der Waals surface area (Å²) in [6.45, 7) is 1.98. The van der Waals surface area contributed by atoms with Gasteiger partial charge in [0.1, 0.15) is 6.04 Å².